The number of rotatable bonds is 11. The van der Waals surface area contributed by atoms with E-state index in [0.717, 1.165) is 32.2 Å². The maximum atomic E-state index is 14.6. The van der Waals surface area contributed by atoms with Crippen LogP contribution in [0.1, 0.15) is 18.1 Å². The van der Waals surface area contributed by atoms with E-state index in [2.05, 4.69) is 21.2 Å². The second-order valence-electron chi connectivity index (χ2n) is 8.47. The first kappa shape index (κ1) is 28.3. The van der Waals surface area contributed by atoms with Gasteiger partial charge in [-0.05, 0) is 42.3 Å². The number of nitrogens with one attached hydrogen (secondary N) is 1. The van der Waals surface area contributed by atoms with Crippen molar-refractivity contribution in [3.8, 4) is 0 Å². The number of nitrogens with zero attached hydrogens (tertiary/aromatic N) is 2. The number of carbonyl (C=O) groups is 2. The summed E-state index contributed by atoms with van der Waals surface area (Å²) in [6.45, 7) is 1.51. The predicted molar refractivity (Wildman–Crippen MR) is 146 cm³/mol. The van der Waals surface area contributed by atoms with Crippen LogP contribution >= 0.6 is 15.9 Å². The number of anilines is 1. The van der Waals surface area contributed by atoms with Crippen LogP contribution in [0.25, 0.3) is 0 Å². The van der Waals surface area contributed by atoms with Crippen LogP contribution in [0.5, 0.6) is 0 Å². The quantitative estimate of drug-likeness (QED) is 0.364. The molecular weight excluding hydrogens is 561 g/mol. The van der Waals surface area contributed by atoms with Gasteiger partial charge in [0.05, 0.1) is 11.9 Å². The van der Waals surface area contributed by atoms with Crippen LogP contribution in [0, 0.1) is 5.82 Å². The number of carbonyl (C=O) groups excluding carboxylic acids is 2. The molecule has 1 atom stereocenters. The third-order valence-corrected chi connectivity index (χ3v) is 7.28. The monoisotopic (exact) mass is 589 g/mol. The minimum Gasteiger partial charge on any atom is -0.355 e. The Bertz CT molecular complexity index is 1340. The molecular formula is C27H29BrFN3O4S. The average Bonchev–Trinajstić information content (AvgIpc) is 2.85. The van der Waals surface area contributed by atoms with Crippen LogP contribution in [0.4, 0.5) is 10.1 Å². The fraction of sp³-hybridized carbons (Fsp3) is 0.259. The van der Waals surface area contributed by atoms with Crippen molar-refractivity contribution in [1.29, 1.82) is 0 Å². The first-order chi connectivity index (χ1) is 17.6. The summed E-state index contributed by atoms with van der Waals surface area (Å²) >= 11 is 3.43. The Balaban J connectivity index is 2.05. The van der Waals surface area contributed by atoms with E-state index in [1.165, 1.54) is 23.1 Å². The minimum atomic E-state index is -4.03. The molecule has 37 heavy (non-hydrogen) atoms. The smallest absolute Gasteiger partial charge is 0.244 e. The molecule has 0 fully saturated rings. The highest BCUT2D eigenvalue weighted by molar-refractivity contribution is 9.10. The molecule has 3 rings (SSSR count). The lowest BCUT2D eigenvalue weighted by atomic mass is 10.0. The van der Waals surface area contributed by atoms with Crippen molar-refractivity contribution in [2.24, 2.45) is 0 Å². The number of likely N-dealkylation sites (N-methyl/N-ethyl adjacent to an activating group) is 1. The van der Waals surface area contributed by atoms with E-state index in [1.807, 2.05) is 54.6 Å². The van der Waals surface area contributed by atoms with Crippen molar-refractivity contribution in [1.82, 2.24) is 10.2 Å². The Morgan fingerprint density at radius 1 is 0.973 bits per heavy atom. The van der Waals surface area contributed by atoms with Crippen molar-refractivity contribution < 1.29 is 22.4 Å². The van der Waals surface area contributed by atoms with Gasteiger partial charge in [0.2, 0.25) is 21.8 Å². The lowest BCUT2D eigenvalue weighted by Gasteiger charge is -2.33. The molecule has 0 aliphatic carbocycles. The second kappa shape index (κ2) is 12.8. The summed E-state index contributed by atoms with van der Waals surface area (Å²) < 4.78 is 41.4. The maximum absolute atomic E-state index is 14.6. The average molecular weight is 591 g/mol. The number of hydrogen-bond acceptors (Lipinski definition) is 4. The number of hydrogen-bond donors (Lipinski definition) is 1. The Morgan fingerprint density at radius 3 is 2.24 bits per heavy atom. The summed E-state index contributed by atoms with van der Waals surface area (Å²) in [6.07, 6.45) is 1.13. The number of sulfonamides is 1. The molecule has 3 aromatic rings. The van der Waals surface area contributed by atoms with Crippen LogP contribution in [0.3, 0.4) is 0 Å². The number of benzene rings is 3. The molecule has 196 valence electrons. The maximum Gasteiger partial charge on any atom is 0.244 e. The van der Waals surface area contributed by atoms with Gasteiger partial charge in [0, 0.05) is 24.0 Å². The van der Waals surface area contributed by atoms with Gasteiger partial charge in [0.15, 0.2) is 0 Å². The molecule has 0 heterocycles. The van der Waals surface area contributed by atoms with Gasteiger partial charge in [-0.2, -0.15) is 0 Å². The fourth-order valence-electron chi connectivity index (χ4n) is 3.93. The molecule has 0 saturated heterocycles. The van der Waals surface area contributed by atoms with Crippen molar-refractivity contribution in [2.75, 3.05) is 23.7 Å². The zero-order chi connectivity index (χ0) is 27.0. The van der Waals surface area contributed by atoms with Gasteiger partial charge in [0.25, 0.3) is 0 Å². The lowest BCUT2D eigenvalue weighted by molar-refractivity contribution is -0.140. The van der Waals surface area contributed by atoms with Crippen LogP contribution in [-0.4, -0.2) is 50.5 Å². The van der Waals surface area contributed by atoms with Crippen molar-refractivity contribution >= 4 is 43.5 Å². The zero-order valence-corrected chi connectivity index (χ0v) is 23.0. The van der Waals surface area contributed by atoms with E-state index in [0.29, 0.717) is 6.54 Å². The molecule has 0 radical (unpaired) electrons. The zero-order valence-electron chi connectivity index (χ0n) is 20.6. The van der Waals surface area contributed by atoms with Crippen LogP contribution < -0.4 is 9.62 Å². The van der Waals surface area contributed by atoms with Gasteiger partial charge >= 0.3 is 0 Å². The summed E-state index contributed by atoms with van der Waals surface area (Å²) in [6, 6.07) is 21.0. The molecule has 0 saturated carbocycles. The summed E-state index contributed by atoms with van der Waals surface area (Å²) in [5.74, 6) is -1.78. The SMILES string of the molecule is CCNC(=O)[C@@H](Cc1ccccc1)N(Cc1cccc(Br)c1)C(=O)CN(c1ccccc1F)S(C)(=O)=O. The number of amides is 2. The third kappa shape index (κ3) is 7.87. The van der Waals surface area contributed by atoms with Gasteiger partial charge in [-0.15, -0.1) is 0 Å². The molecule has 0 spiro atoms. The Labute approximate surface area is 225 Å². The van der Waals surface area contributed by atoms with Crippen LogP contribution in [-0.2, 0) is 32.6 Å². The third-order valence-electron chi connectivity index (χ3n) is 5.66. The lowest BCUT2D eigenvalue weighted by Crippen LogP contribution is -2.53. The van der Waals surface area contributed by atoms with E-state index in [4.69, 9.17) is 0 Å². The van der Waals surface area contributed by atoms with E-state index >= 15 is 0 Å². The standard InChI is InChI=1S/C27H29BrFN3O4S/c1-3-30-27(34)25(17-20-10-5-4-6-11-20)31(18-21-12-9-13-22(28)16-21)26(33)19-32(37(2,35)36)24-15-8-7-14-23(24)29/h4-16,25H,3,17-19H2,1-2H3,(H,30,34)/t25-/m1/s1. The largest absolute Gasteiger partial charge is 0.355 e. The summed E-state index contributed by atoms with van der Waals surface area (Å²) in [7, 11) is -4.03. The Hall–Kier alpha value is -3.24. The molecule has 7 nitrogen and oxygen atoms in total. The fourth-order valence-corrected chi connectivity index (χ4v) is 5.22. The molecule has 3 aromatic carbocycles. The van der Waals surface area contributed by atoms with Crippen molar-refractivity contribution in [3.05, 3.63) is 100 Å². The topological polar surface area (TPSA) is 86.8 Å². The molecule has 1 N–H and O–H groups in total. The highest BCUT2D eigenvalue weighted by atomic mass is 79.9. The van der Waals surface area contributed by atoms with Gasteiger partial charge in [-0.25, -0.2) is 12.8 Å². The van der Waals surface area contributed by atoms with E-state index < -0.39 is 34.3 Å². The van der Waals surface area contributed by atoms with Crippen molar-refractivity contribution in [3.63, 3.8) is 0 Å². The van der Waals surface area contributed by atoms with E-state index in [-0.39, 0.29) is 24.6 Å². The molecule has 0 unspecified atom stereocenters. The molecule has 0 aliphatic rings. The number of para-hydroxylation sites is 1. The first-order valence-corrected chi connectivity index (χ1v) is 14.3. The van der Waals surface area contributed by atoms with Crippen molar-refractivity contribution in [2.45, 2.75) is 25.9 Å². The van der Waals surface area contributed by atoms with Crippen LogP contribution in [0.15, 0.2) is 83.3 Å². The number of halogens is 2. The second-order valence-corrected chi connectivity index (χ2v) is 11.3. The van der Waals surface area contributed by atoms with Gasteiger partial charge in [-0.3, -0.25) is 13.9 Å². The minimum absolute atomic E-state index is 0.0434. The van der Waals surface area contributed by atoms with Gasteiger partial charge in [-0.1, -0.05) is 70.5 Å². The molecule has 0 bridgehead atoms. The van der Waals surface area contributed by atoms with Gasteiger partial charge in [0.1, 0.15) is 18.4 Å². The first-order valence-electron chi connectivity index (χ1n) is 11.7. The molecule has 0 aromatic heterocycles. The Kier molecular flexibility index (Phi) is 9.82. The Morgan fingerprint density at radius 2 is 1.62 bits per heavy atom. The molecule has 2 amide bonds. The normalized spacial score (nSPS) is 12.0. The van der Waals surface area contributed by atoms with E-state index in [1.54, 1.807) is 6.92 Å². The van der Waals surface area contributed by atoms with Gasteiger partial charge < -0.3 is 10.2 Å². The summed E-state index contributed by atoms with van der Waals surface area (Å²) in [5.41, 5.74) is 1.33. The molecule has 10 heteroatoms. The molecule has 0 aliphatic heterocycles. The predicted octanol–water partition coefficient (Wildman–Crippen LogP) is 4.13. The van der Waals surface area contributed by atoms with Crippen LogP contribution in [0.2, 0.25) is 0 Å². The van der Waals surface area contributed by atoms with E-state index in [9.17, 15) is 22.4 Å². The highest BCUT2D eigenvalue weighted by Gasteiger charge is 2.33. The summed E-state index contributed by atoms with van der Waals surface area (Å²) in [5, 5.41) is 2.79. The highest BCUT2D eigenvalue weighted by Crippen LogP contribution is 2.23. The summed E-state index contributed by atoms with van der Waals surface area (Å²) in [4.78, 5) is 28.4.